The van der Waals surface area contributed by atoms with Crippen LogP contribution in [0, 0.1) is 0 Å². The molecule has 0 unspecified atom stereocenters. The van der Waals surface area contributed by atoms with Gasteiger partial charge in [0.15, 0.2) is 0 Å². The molecule has 0 heterocycles. The van der Waals surface area contributed by atoms with Crippen molar-refractivity contribution in [2.75, 3.05) is 9.80 Å². The molecule has 3 aliphatic carbocycles. The van der Waals surface area contributed by atoms with E-state index in [1.54, 1.807) is 0 Å². The highest BCUT2D eigenvalue weighted by Gasteiger charge is 2.47. The third-order valence-electron chi connectivity index (χ3n) is 14.2. The fourth-order valence-electron chi connectivity index (χ4n) is 11.5. The quantitative estimate of drug-likeness (QED) is 0.151. The molecule has 0 radical (unpaired) electrons. The van der Waals surface area contributed by atoms with Crippen molar-refractivity contribution in [3.05, 3.63) is 287 Å². The molecule has 10 aromatic rings. The Bertz CT molecular complexity index is 3200. The van der Waals surface area contributed by atoms with Crippen LogP contribution < -0.4 is 9.80 Å². The maximum Gasteiger partial charge on any atom is 0.0715 e. The lowest BCUT2D eigenvalue weighted by Crippen LogP contribution is -2.29. The van der Waals surface area contributed by atoms with E-state index >= 15 is 0 Å². The summed E-state index contributed by atoms with van der Waals surface area (Å²) in [7, 11) is 0. The van der Waals surface area contributed by atoms with E-state index in [0.717, 1.165) is 35.6 Å². The topological polar surface area (TPSA) is 6.48 Å². The number of hydrogen-bond donors (Lipinski definition) is 0. The van der Waals surface area contributed by atoms with Crippen molar-refractivity contribution < 1.29 is 0 Å². The minimum absolute atomic E-state index is 0.631. The second kappa shape index (κ2) is 15.0. The summed E-state index contributed by atoms with van der Waals surface area (Å²) in [5.41, 5.74) is 24.7. The fraction of sp³-hybridized carbons (Fsp3) is 0.0476. The van der Waals surface area contributed by atoms with Crippen LogP contribution in [0.5, 0.6) is 0 Å². The highest BCUT2D eigenvalue weighted by molar-refractivity contribution is 5.94. The third kappa shape index (κ3) is 5.74. The highest BCUT2D eigenvalue weighted by atomic mass is 15.2. The molecule has 306 valence electrons. The van der Waals surface area contributed by atoms with Crippen LogP contribution in [0.3, 0.4) is 0 Å². The van der Waals surface area contributed by atoms with Gasteiger partial charge in [-0.2, -0.15) is 0 Å². The van der Waals surface area contributed by atoms with Crippen LogP contribution in [0.2, 0.25) is 0 Å². The van der Waals surface area contributed by atoms with Gasteiger partial charge in [0, 0.05) is 35.6 Å². The Labute approximate surface area is 381 Å². The van der Waals surface area contributed by atoms with Crippen LogP contribution in [0.4, 0.5) is 34.1 Å². The van der Waals surface area contributed by atoms with Crippen molar-refractivity contribution in [1.82, 2.24) is 0 Å². The number of hydrogen-bond acceptors (Lipinski definition) is 2. The molecule has 0 aliphatic heterocycles. The fourth-order valence-corrected chi connectivity index (χ4v) is 11.5. The second-order valence-electron chi connectivity index (χ2n) is 17.6. The molecule has 0 spiro atoms. The lowest BCUT2D eigenvalue weighted by Gasteiger charge is -2.36. The minimum Gasteiger partial charge on any atom is -0.310 e. The summed E-state index contributed by atoms with van der Waals surface area (Å²) < 4.78 is 0. The lowest BCUT2D eigenvalue weighted by molar-refractivity contribution is 0.768. The molecule has 0 aromatic heterocycles. The van der Waals surface area contributed by atoms with Crippen molar-refractivity contribution in [3.63, 3.8) is 0 Å². The summed E-state index contributed by atoms with van der Waals surface area (Å²) in [5.74, 6) is 0. The standard InChI is InChI=1S/C63H44N2/c1-5-21-45(22-6-1)63(46-23-7-2-8-24-46)59-41-49(64(47-25-9-3-10-26-47)61-33-17-31-53-51-29-15-13-19-43(51)39-57(53)61)35-37-55(59)56-38-36-50(42-60(56)63)65(48-27-11-4-12-28-48)62-34-18-32-54-52-30-16-14-20-44(52)40-58(54)62/h1-38,41-42H,39-40H2. The van der Waals surface area contributed by atoms with Gasteiger partial charge in [-0.15, -0.1) is 0 Å². The summed E-state index contributed by atoms with van der Waals surface area (Å²) in [5, 5.41) is 0. The first kappa shape index (κ1) is 37.4. The van der Waals surface area contributed by atoms with Gasteiger partial charge in [-0.25, -0.2) is 0 Å². The molecule has 2 heteroatoms. The number of para-hydroxylation sites is 2. The molecule has 0 fully saturated rings. The molecule has 10 aromatic carbocycles. The average molecular weight is 829 g/mol. The molecular formula is C63H44N2. The van der Waals surface area contributed by atoms with Crippen LogP contribution in [0.1, 0.15) is 44.5 Å². The molecule has 2 nitrogen and oxygen atoms in total. The number of nitrogens with zero attached hydrogens (tertiary/aromatic N) is 2. The molecule has 0 amide bonds. The largest absolute Gasteiger partial charge is 0.310 e. The van der Waals surface area contributed by atoms with Gasteiger partial charge in [-0.1, -0.05) is 182 Å². The van der Waals surface area contributed by atoms with E-state index in [-0.39, 0.29) is 0 Å². The Morgan fingerprint density at radius 1 is 0.277 bits per heavy atom. The average Bonchev–Trinajstić information content (AvgIpc) is 4.04. The zero-order valence-electron chi connectivity index (χ0n) is 35.9. The van der Waals surface area contributed by atoms with Crippen molar-refractivity contribution >= 4 is 34.1 Å². The van der Waals surface area contributed by atoms with Gasteiger partial charge in [0.2, 0.25) is 0 Å². The van der Waals surface area contributed by atoms with E-state index in [1.165, 1.54) is 89.3 Å². The van der Waals surface area contributed by atoms with E-state index in [0.29, 0.717) is 0 Å². The van der Waals surface area contributed by atoms with E-state index in [9.17, 15) is 0 Å². The summed E-state index contributed by atoms with van der Waals surface area (Å²) in [6.07, 6.45) is 1.80. The van der Waals surface area contributed by atoms with Crippen LogP contribution in [-0.4, -0.2) is 0 Å². The summed E-state index contributed by atoms with van der Waals surface area (Å²) >= 11 is 0. The van der Waals surface area contributed by atoms with Crippen LogP contribution >= 0.6 is 0 Å². The maximum atomic E-state index is 2.50. The van der Waals surface area contributed by atoms with Crippen LogP contribution in [0.15, 0.2) is 243 Å². The smallest absolute Gasteiger partial charge is 0.0715 e. The van der Waals surface area contributed by atoms with Crippen molar-refractivity contribution in [2.24, 2.45) is 0 Å². The van der Waals surface area contributed by atoms with Gasteiger partial charge < -0.3 is 9.80 Å². The number of benzene rings is 10. The van der Waals surface area contributed by atoms with Gasteiger partial charge in [-0.3, -0.25) is 0 Å². The van der Waals surface area contributed by atoms with E-state index < -0.39 is 5.41 Å². The zero-order valence-corrected chi connectivity index (χ0v) is 35.9. The molecule has 0 N–H and O–H groups in total. The number of anilines is 6. The first-order valence-electron chi connectivity index (χ1n) is 22.8. The summed E-state index contributed by atoms with van der Waals surface area (Å²) in [6, 6.07) is 90.1. The Morgan fingerprint density at radius 2 is 0.646 bits per heavy atom. The van der Waals surface area contributed by atoms with E-state index in [1.807, 2.05) is 0 Å². The van der Waals surface area contributed by atoms with Crippen molar-refractivity contribution in [2.45, 2.75) is 18.3 Å². The Morgan fingerprint density at radius 3 is 1.08 bits per heavy atom. The van der Waals surface area contributed by atoms with Gasteiger partial charge in [-0.05, 0) is 139 Å². The van der Waals surface area contributed by atoms with Gasteiger partial charge in [0.05, 0.1) is 16.8 Å². The molecular weight excluding hydrogens is 785 g/mol. The highest BCUT2D eigenvalue weighted by Crippen LogP contribution is 2.59. The Balaban J connectivity index is 1.05. The SMILES string of the molecule is c1ccc(N(c2ccc3c(c2)C(c2ccccc2)(c2ccccc2)c2cc(N(c4ccccc4)c4cccc5c4Cc4ccccc4-5)ccc2-3)c2cccc3c2Cc2ccccc2-3)cc1. The molecule has 0 saturated carbocycles. The van der Waals surface area contributed by atoms with Gasteiger partial charge in [0.25, 0.3) is 0 Å². The van der Waals surface area contributed by atoms with Crippen LogP contribution in [-0.2, 0) is 18.3 Å². The molecule has 13 rings (SSSR count). The third-order valence-corrected chi connectivity index (χ3v) is 14.2. The number of rotatable bonds is 8. The van der Waals surface area contributed by atoms with Crippen LogP contribution in [0.25, 0.3) is 33.4 Å². The minimum atomic E-state index is -0.631. The van der Waals surface area contributed by atoms with Gasteiger partial charge in [0.1, 0.15) is 0 Å². The van der Waals surface area contributed by atoms with Crippen molar-refractivity contribution in [3.8, 4) is 33.4 Å². The number of fused-ring (bicyclic) bond motifs is 9. The molecule has 0 saturated heterocycles. The van der Waals surface area contributed by atoms with E-state index in [2.05, 4.69) is 252 Å². The van der Waals surface area contributed by atoms with E-state index in [4.69, 9.17) is 0 Å². The summed E-state index contributed by atoms with van der Waals surface area (Å²) in [6.45, 7) is 0. The molecule has 65 heavy (non-hydrogen) atoms. The Kier molecular flexibility index (Phi) is 8.60. The lowest BCUT2D eigenvalue weighted by atomic mass is 9.67. The summed E-state index contributed by atoms with van der Waals surface area (Å²) in [4.78, 5) is 4.98. The predicted molar refractivity (Wildman–Crippen MR) is 270 cm³/mol. The normalized spacial score (nSPS) is 13.2. The second-order valence-corrected chi connectivity index (χ2v) is 17.6. The first-order chi connectivity index (χ1) is 32.3. The first-order valence-corrected chi connectivity index (χ1v) is 22.8. The molecule has 0 bridgehead atoms. The Hall–Kier alpha value is -8.20. The zero-order chi connectivity index (χ0) is 42.9. The predicted octanol–water partition coefficient (Wildman–Crippen LogP) is 16.1. The molecule has 0 atom stereocenters. The van der Waals surface area contributed by atoms with Crippen molar-refractivity contribution in [1.29, 1.82) is 0 Å². The molecule has 3 aliphatic rings. The van der Waals surface area contributed by atoms with Gasteiger partial charge >= 0.3 is 0 Å². The maximum absolute atomic E-state index is 2.50. The monoisotopic (exact) mass is 828 g/mol.